The van der Waals surface area contributed by atoms with Gasteiger partial charge in [-0.15, -0.1) is 5.10 Å². The van der Waals surface area contributed by atoms with Gasteiger partial charge >= 0.3 is 0 Å². The molecule has 1 aromatic rings. The first-order chi connectivity index (χ1) is 6.96. The number of nitrogens with zero attached hydrogens (tertiary/aromatic N) is 3. The van der Waals surface area contributed by atoms with Gasteiger partial charge in [0.2, 0.25) is 9.84 Å². The summed E-state index contributed by atoms with van der Waals surface area (Å²) in [5.41, 5.74) is -0.265. The molecule has 0 bridgehead atoms. The zero-order valence-electron chi connectivity index (χ0n) is 10.6. The van der Waals surface area contributed by atoms with Crippen molar-refractivity contribution in [2.75, 3.05) is 0 Å². The highest BCUT2D eigenvalue weighted by Gasteiger charge is 2.34. The van der Waals surface area contributed by atoms with Gasteiger partial charge in [-0.2, -0.15) is 0 Å². The Morgan fingerprint density at radius 3 is 1.94 bits per heavy atom. The quantitative estimate of drug-likeness (QED) is 0.754. The lowest BCUT2D eigenvalue weighted by atomic mass is 10.1. The third kappa shape index (κ3) is 2.26. The number of sulfone groups is 1. The van der Waals surface area contributed by atoms with Gasteiger partial charge in [0.1, 0.15) is 0 Å². The average molecular weight is 245 g/mol. The SMILES string of the molecule is CC(C)(C)n1cc(S(=O)(=O)C(C)(C)C)nn1. The van der Waals surface area contributed by atoms with Crippen molar-refractivity contribution in [2.24, 2.45) is 0 Å². The van der Waals surface area contributed by atoms with Crippen molar-refractivity contribution in [1.82, 2.24) is 15.0 Å². The standard InChI is InChI=1S/C10H19N3O2S/c1-9(2,3)13-7-8(11-12-13)16(14,15)10(4,5)6/h7H,1-6H3. The molecular formula is C10H19N3O2S. The van der Waals surface area contributed by atoms with E-state index in [1.807, 2.05) is 20.8 Å². The highest BCUT2D eigenvalue weighted by molar-refractivity contribution is 7.92. The molecule has 0 unspecified atom stereocenters. The van der Waals surface area contributed by atoms with Crippen LogP contribution in [0.25, 0.3) is 0 Å². The molecule has 0 aliphatic heterocycles. The lowest BCUT2D eigenvalue weighted by Crippen LogP contribution is -2.28. The zero-order valence-corrected chi connectivity index (χ0v) is 11.5. The van der Waals surface area contributed by atoms with Crippen LogP contribution in [0.3, 0.4) is 0 Å². The molecule has 0 saturated carbocycles. The van der Waals surface area contributed by atoms with E-state index in [1.54, 1.807) is 25.5 Å². The summed E-state index contributed by atoms with van der Waals surface area (Å²) >= 11 is 0. The molecule has 6 heteroatoms. The Bertz CT molecular complexity index is 475. The average Bonchev–Trinajstić information content (AvgIpc) is 2.47. The lowest BCUT2D eigenvalue weighted by molar-refractivity contribution is 0.346. The van der Waals surface area contributed by atoms with Crippen LogP contribution in [0.4, 0.5) is 0 Å². The van der Waals surface area contributed by atoms with Crippen molar-refractivity contribution in [1.29, 1.82) is 0 Å². The van der Waals surface area contributed by atoms with E-state index in [0.717, 1.165) is 0 Å². The summed E-state index contributed by atoms with van der Waals surface area (Å²) in [5, 5.41) is 7.64. The first kappa shape index (κ1) is 13.2. The van der Waals surface area contributed by atoms with Crippen LogP contribution in [0.5, 0.6) is 0 Å². The van der Waals surface area contributed by atoms with Crippen LogP contribution in [-0.2, 0) is 15.4 Å². The number of hydrogen-bond donors (Lipinski definition) is 0. The normalized spacial score (nSPS) is 14.1. The Morgan fingerprint density at radius 1 is 1.12 bits per heavy atom. The van der Waals surface area contributed by atoms with Gasteiger partial charge in [-0.05, 0) is 41.5 Å². The first-order valence-electron chi connectivity index (χ1n) is 5.14. The van der Waals surface area contributed by atoms with Crippen molar-refractivity contribution in [3.63, 3.8) is 0 Å². The van der Waals surface area contributed by atoms with Crippen LogP contribution >= 0.6 is 0 Å². The van der Waals surface area contributed by atoms with Crippen LogP contribution in [0.2, 0.25) is 0 Å². The fourth-order valence-corrected chi connectivity index (χ4v) is 2.02. The predicted molar refractivity (Wildman–Crippen MR) is 62.0 cm³/mol. The maximum atomic E-state index is 12.1. The van der Waals surface area contributed by atoms with E-state index in [1.165, 1.54) is 6.20 Å². The minimum Gasteiger partial charge on any atom is -0.246 e. The van der Waals surface area contributed by atoms with Crippen molar-refractivity contribution in [3.8, 4) is 0 Å². The van der Waals surface area contributed by atoms with E-state index < -0.39 is 14.6 Å². The summed E-state index contributed by atoms with van der Waals surface area (Å²) < 4.78 is 24.9. The molecule has 0 saturated heterocycles. The minimum absolute atomic E-state index is 0.0370. The van der Waals surface area contributed by atoms with Crippen LogP contribution < -0.4 is 0 Å². The van der Waals surface area contributed by atoms with Crippen molar-refractivity contribution in [3.05, 3.63) is 6.20 Å². The second kappa shape index (κ2) is 3.55. The van der Waals surface area contributed by atoms with Gasteiger partial charge in [0.05, 0.1) is 16.5 Å². The maximum Gasteiger partial charge on any atom is 0.203 e. The van der Waals surface area contributed by atoms with E-state index in [4.69, 9.17) is 0 Å². The molecule has 0 N–H and O–H groups in total. The summed E-state index contributed by atoms with van der Waals surface area (Å²) in [6.45, 7) is 10.8. The highest BCUT2D eigenvalue weighted by Crippen LogP contribution is 2.24. The van der Waals surface area contributed by atoms with E-state index in [9.17, 15) is 8.42 Å². The molecular weight excluding hydrogens is 226 g/mol. The maximum absolute atomic E-state index is 12.1. The zero-order chi connectivity index (χ0) is 12.8. The molecule has 0 aromatic carbocycles. The number of hydrogen-bond acceptors (Lipinski definition) is 4. The number of aromatic nitrogens is 3. The summed E-state index contributed by atoms with van der Waals surface area (Å²) in [4.78, 5) is 0. The molecule has 0 atom stereocenters. The molecule has 0 aliphatic carbocycles. The largest absolute Gasteiger partial charge is 0.246 e. The molecule has 1 rings (SSSR count). The molecule has 1 heterocycles. The summed E-state index contributed by atoms with van der Waals surface area (Å²) in [7, 11) is -3.41. The van der Waals surface area contributed by atoms with Crippen molar-refractivity contribution >= 4 is 9.84 Å². The smallest absolute Gasteiger partial charge is 0.203 e. The molecule has 0 aliphatic rings. The van der Waals surface area contributed by atoms with Crippen LogP contribution in [0.15, 0.2) is 11.2 Å². The van der Waals surface area contributed by atoms with Gasteiger partial charge in [-0.3, -0.25) is 0 Å². The van der Waals surface area contributed by atoms with E-state index in [2.05, 4.69) is 10.3 Å². The first-order valence-corrected chi connectivity index (χ1v) is 6.62. The second-order valence-corrected chi connectivity index (χ2v) is 8.44. The Balaban J connectivity index is 3.24. The molecule has 0 amide bonds. The van der Waals surface area contributed by atoms with E-state index in [-0.39, 0.29) is 10.6 Å². The molecule has 5 nitrogen and oxygen atoms in total. The summed E-state index contributed by atoms with van der Waals surface area (Å²) in [5.74, 6) is 0. The lowest BCUT2D eigenvalue weighted by Gasteiger charge is -2.18. The van der Waals surface area contributed by atoms with Gasteiger partial charge in [0.15, 0.2) is 5.03 Å². The van der Waals surface area contributed by atoms with Crippen LogP contribution in [0, 0.1) is 0 Å². The van der Waals surface area contributed by atoms with Gasteiger partial charge in [-0.25, -0.2) is 13.1 Å². The molecule has 1 aromatic heterocycles. The second-order valence-electron chi connectivity index (χ2n) is 5.79. The summed E-state index contributed by atoms with van der Waals surface area (Å²) in [6, 6.07) is 0. The Hall–Kier alpha value is -0.910. The molecule has 0 fully saturated rings. The minimum atomic E-state index is -3.41. The Labute approximate surface area is 96.8 Å². The van der Waals surface area contributed by atoms with Crippen LogP contribution in [0.1, 0.15) is 41.5 Å². The monoisotopic (exact) mass is 245 g/mol. The highest BCUT2D eigenvalue weighted by atomic mass is 32.2. The fraction of sp³-hybridized carbons (Fsp3) is 0.800. The molecule has 16 heavy (non-hydrogen) atoms. The Morgan fingerprint density at radius 2 is 1.62 bits per heavy atom. The van der Waals surface area contributed by atoms with E-state index >= 15 is 0 Å². The van der Waals surface area contributed by atoms with E-state index in [0.29, 0.717) is 0 Å². The molecule has 0 radical (unpaired) electrons. The van der Waals surface area contributed by atoms with Gasteiger partial charge in [-0.1, -0.05) is 5.21 Å². The third-order valence-electron chi connectivity index (χ3n) is 2.24. The van der Waals surface area contributed by atoms with Crippen LogP contribution in [-0.4, -0.2) is 28.2 Å². The summed E-state index contributed by atoms with van der Waals surface area (Å²) in [6.07, 6.45) is 1.49. The predicted octanol–water partition coefficient (Wildman–Crippen LogP) is 1.61. The number of rotatable bonds is 1. The van der Waals surface area contributed by atoms with Gasteiger partial charge < -0.3 is 0 Å². The third-order valence-corrected chi connectivity index (χ3v) is 4.59. The Kier molecular flexibility index (Phi) is 2.92. The van der Waals surface area contributed by atoms with Gasteiger partial charge in [0.25, 0.3) is 0 Å². The molecule has 92 valence electrons. The topological polar surface area (TPSA) is 64.8 Å². The van der Waals surface area contributed by atoms with Gasteiger partial charge in [0, 0.05) is 0 Å². The molecule has 0 spiro atoms. The van der Waals surface area contributed by atoms with Crippen molar-refractivity contribution < 1.29 is 8.42 Å². The fourth-order valence-electron chi connectivity index (χ4n) is 1.01. The van der Waals surface area contributed by atoms with Crippen molar-refractivity contribution in [2.45, 2.75) is 56.9 Å².